The van der Waals surface area contributed by atoms with Gasteiger partial charge in [0.15, 0.2) is 0 Å². The molecule has 0 radical (unpaired) electrons. The van der Waals surface area contributed by atoms with Crippen LogP contribution in [-0.4, -0.2) is 19.7 Å². The zero-order valence-corrected chi connectivity index (χ0v) is 8.16. The van der Waals surface area contributed by atoms with E-state index in [1.165, 1.54) is 5.69 Å². The molecule has 0 spiro atoms. The van der Waals surface area contributed by atoms with E-state index in [4.69, 9.17) is 4.74 Å². The van der Waals surface area contributed by atoms with Gasteiger partial charge < -0.3 is 9.64 Å². The van der Waals surface area contributed by atoms with E-state index in [2.05, 4.69) is 31.0 Å². The first-order valence-corrected chi connectivity index (χ1v) is 4.77. The van der Waals surface area contributed by atoms with Gasteiger partial charge in [-0.05, 0) is 18.6 Å². The number of para-hydroxylation sites is 2. The molecule has 0 aliphatic carbocycles. The van der Waals surface area contributed by atoms with E-state index in [1.807, 2.05) is 12.1 Å². The highest BCUT2D eigenvalue weighted by Gasteiger charge is 2.22. The summed E-state index contributed by atoms with van der Waals surface area (Å²) in [4.78, 5) is 2.30. The summed E-state index contributed by atoms with van der Waals surface area (Å²) in [5, 5.41) is 0. The Morgan fingerprint density at radius 3 is 3.00 bits per heavy atom. The maximum absolute atomic E-state index is 5.66. The summed E-state index contributed by atoms with van der Waals surface area (Å²) in [6, 6.07) is 8.72. The van der Waals surface area contributed by atoms with Gasteiger partial charge in [-0.2, -0.15) is 0 Å². The molecule has 13 heavy (non-hydrogen) atoms. The smallest absolute Gasteiger partial charge is 0.142 e. The van der Waals surface area contributed by atoms with Crippen LogP contribution in [0.2, 0.25) is 0 Å². The molecule has 0 fully saturated rings. The van der Waals surface area contributed by atoms with Gasteiger partial charge in [-0.15, -0.1) is 0 Å². The Morgan fingerprint density at radius 2 is 2.23 bits per heavy atom. The molecule has 0 saturated heterocycles. The van der Waals surface area contributed by atoms with Crippen LogP contribution in [0.1, 0.15) is 13.3 Å². The van der Waals surface area contributed by atoms with Crippen LogP contribution >= 0.6 is 0 Å². The first-order chi connectivity index (χ1) is 6.33. The largest absolute Gasteiger partial charge is 0.489 e. The Kier molecular flexibility index (Phi) is 2.13. The molecule has 1 aromatic rings. The molecule has 1 aliphatic rings. The van der Waals surface area contributed by atoms with Crippen LogP contribution in [0.25, 0.3) is 0 Å². The lowest BCUT2D eigenvalue weighted by Gasteiger charge is -2.35. The highest BCUT2D eigenvalue weighted by molar-refractivity contribution is 5.59. The molecule has 0 N–H and O–H groups in total. The van der Waals surface area contributed by atoms with Crippen molar-refractivity contribution in [2.75, 3.05) is 18.6 Å². The molecule has 0 bridgehead atoms. The fraction of sp³-hybridized carbons (Fsp3) is 0.455. The Balaban J connectivity index is 2.33. The van der Waals surface area contributed by atoms with Crippen LogP contribution in [0.5, 0.6) is 5.75 Å². The van der Waals surface area contributed by atoms with Gasteiger partial charge in [0.05, 0.1) is 11.7 Å². The number of benzene rings is 1. The molecule has 1 unspecified atom stereocenters. The fourth-order valence-corrected chi connectivity index (χ4v) is 1.76. The maximum atomic E-state index is 5.66. The van der Waals surface area contributed by atoms with Crippen molar-refractivity contribution in [1.29, 1.82) is 0 Å². The molecule has 0 saturated carbocycles. The van der Waals surface area contributed by atoms with Crippen LogP contribution in [0.3, 0.4) is 0 Å². The standard InChI is InChI=1S/C11H15NO/c1-3-9-8-13-11-7-5-4-6-10(11)12(9)2/h4-7,9H,3,8H2,1-2H3. The van der Waals surface area contributed by atoms with Crippen molar-refractivity contribution >= 4 is 5.69 Å². The summed E-state index contributed by atoms with van der Waals surface area (Å²) in [5.74, 6) is 1.01. The minimum atomic E-state index is 0.523. The number of hydrogen-bond donors (Lipinski definition) is 0. The Hall–Kier alpha value is -1.18. The molecule has 70 valence electrons. The minimum Gasteiger partial charge on any atom is -0.489 e. The SMILES string of the molecule is CCC1COc2ccccc2N1C. The average Bonchev–Trinajstić information content (AvgIpc) is 2.19. The predicted molar refractivity (Wildman–Crippen MR) is 54.4 cm³/mol. The van der Waals surface area contributed by atoms with E-state index in [9.17, 15) is 0 Å². The fourth-order valence-electron chi connectivity index (χ4n) is 1.76. The van der Waals surface area contributed by atoms with Crippen LogP contribution in [0.4, 0.5) is 5.69 Å². The van der Waals surface area contributed by atoms with Crippen molar-refractivity contribution < 1.29 is 4.74 Å². The average molecular weight is 177 g/mol. The van der Waals surface area contributed by atoms with Gasteiger partial charge in [0.1, 0.15) is 12.4 Å². The van der Waals surface area contributed by atoms with Crippen molar-refractivity contribution in [1.82, 2.24) is 0 Å². The van der Waals surface area contributed by atoms with Crippen molar-refractivity contribution in [2.24, 2.45) is 0 Å². The number of hydrogen-bond acceptors (Lipinski definition) is 2. The van der Waals surface area contributed by atoms with Crippen molar-refractivity contribution in [3.05, 3.63) is 24.3 Å². The van der Waals surface area contributed by atoms with E-state index < -0.39 is 0 Å². The predicted octanol–water partition coefficient (Wildman–Crippen LogP) is 2.29. The monoisotopic (exact) mass is 177 g/mol. The molecular weight excluding hydrogens is 162 g/mol. The zero-order valence-electron chi connectivity index (χ0n) is 8.16. The quantitative estimate of drug-likeness (QED) is 0.652. The molecule has 1 aliphatic heterocycles. The second kappa shape index (κ2) is 3.29. The third-order valence-electron chi connectivity index (χ3n) is 2.70. The number of ether oxygens (including phenoxy) is 1. The summed E-state index contributed by atoms with van der Waals surface area (Å²) < 4.78 is 5.66. The molecule has 0 amide bonds. The van der Waals surface area contributed by atoms with Gasteiger partial charge in [0, 0.05) is 7.05 Å². The highest BCUT2D eigenvalue weighted by Crippen LogP contribution is 2.32. The Morgan fingerprint density at radius 1 is 1.46 bits per heavy atom. The third kappa shape index (κ3) is 1.37. The Labute approximate surface area is 79.1 Å². The first kappa shape index (κ1) is 8.42. The second-order valence-electron chi connectivity index (χ2n) is 3.45. The summed E-state index contributed by atoms with van der Waals surface area (Å²) in [6.07, 6.45) is 1.13. The van der Waals surface area contributed by atoms with E-state index in [1.54, 1.807) is 0 Å². The van der Waals surface area contributed by atoms with Crippen LogP contribution in [0, 0.1) is 0 Å². The number of likely N-dealkylation sites (N-methyl/N-ethyl adjacent to an activating group) is 1. The molecule has 1 heterocycles. The lowest BCUT2D eigenvalue weighted by Crippen LogP contribution is -2.39. The second-order valence-corrected chi connectivity index (χ2v) is 3.45. The Bertz CT molecular complexity index is 298. The van der Waals surface area contributed by atoms with Gasteiger partial charge in [-0.25, -0.2) is 0 Å². The third-order valence-corrected chi connectivity index (χ3v) is 2.70. The van der Waals surface area contributed by atoms with Gasteiger partial charge >= 0.3 is 0 Å². The normalized spacial score (nSPS) is 20.8. The summed E-state index contributed by atoms with van der Waals surface area (Å²) in [5.41, 5.74) is 1.21. The van der Waals surface area contributed by atoms with E-state index in [0.717, 1.165) is 18.8 Å². The number of fused-ring (bicyclic) bond motifs is 1. The van der Waals surface area contributed by atoms with Crippen LogP contribution in [-0.2, 0) is 0 Å². The van der Waals surface area contributed by atoms with Crippen LogP contribution < -0.4 is 9.64 Å². The van der Waals surface area contributed by atoms with Crippen LogP contribution in [0.15, 0.2) is 24.3 Å². The number of anilines is 1. The topological polar surface area (TPSA) is 12.5 Å². The van der Waals surface area contributed by atoms with Gasteiger partial charge in [-0.3, -0.25) is 0 Å². The number of nitrogens with zero attached hydrogens (tertiary/aromatic N) is 1. The van der Waals surface area contributed by atoms with Crippen molar-refractivity contribution in [2.45, 2.75) is 19.4 Å². The maximum Gasteiger partial charge on any atom is 0.142 e. The summed E-state index contributed by atoms with van der Waals surface area (Å²) in [6.45, 7) is 3.00. The molecule has 1 atom stereocenters. The van der Waals surface area contributed by atoms with Gasteiger partial charge in [0.25, 0.3) is 0 Å². The van der Waals surface area contributed by atoms with E-state index >= 15 is 0 Å². The zero-order chi connectivity index (χ0) is 9.26. The number of rotatable bonds is 1. The minimum absolute atomic E-state index is 0.523. The first-order valence-electron chi connectivity index (χ1n) is 4.77. The molecule has 0 aromatic heterocycles. The molecule has 2 rings (SSSR count). The van der Waals surface area contributed by atoms with Gasteiger partial charge in [0.2, 0.25) is 0 Å². The van der Waals surface area contributed by atoms with E-state index in [0.29, 0.717) is 6.04 Å². The molecule has 2 nitrogen and oxygen atoms in total. The van der Waals surface area contributed by atoms with Gasteiger partial charge in [-0.1, -0.05) is 19.1 Å². The lowest BCUT2D eigenvalue weighted by molar-refractivity contribution is 0.263. The molecular formula is C11H15NO. The lowest BCUT2D eigenvalue weighted by atomic mass is 10.1. The van der Waals surface area contributed by atoms with Crippen molar-refractivity contribution in [3.63, 3.8) is 0 Å². The highest BCUT2D eigenvalue weighted by atomic mass is 16.5. The van der Waals surface area contributed by atoms with E-state index in [-0.39, 0.29) is 0 Å². The molecule has 1 aromatic carbocycles. The summed E-state index contributed by atoms with van der Waals surface area (Å²) in [7, 11) is 2.13. The molecule has 2 heteroatoms. The van der Waals surface area contributed by atoms with Crippen molar-refractivity contribution in [3.8, 4) is 5.75 Å². The summed E-state index contributed by atoms with van der Waals surface area (Å²) >= 11 is 0.